The zero-order valence-corrected chi connectivity index (χ0v) is 17.9. The summed E-state index contributed by atoms with van der Waals surface area (Å²) >= 11 is 0. The molecule has 0 amide bonds. The monoisotopic (exact) mass is 480 g/mol. The molecule has 1 aromatic carbocycles. The summed E-state index contributed by atoms with van der Waals surface area (Å²) in [5, 5.41) is 12.4. The van der Waals surface area contributed by atoms with Crippen LogP contribution in [0.2, 0.25) is 0 Å². The largest absolute Gasteiger partial charge is 0.461 e. The number of hydrogen-bond donors (Lipinski definition) is 2. The van der Waals surface area contributed by atoms with E-state index in [9.17, 15) is 0 Å². The highest BCUT2D eigenvalue weighted by atomic mass is 127. The van der Waals surface area contributed by atoms with Crippen molar-refractivity contribution in [1.29, 1.82) is 0 Å². The molecule has 2 N–H and O–H groups in total. The second kappa shape index (κ2) is 8.73. The van der Waals surface area contributed by atoms with Gasteiger partial charge >= 0.3 is 0 Å². The summed E-state index contributed by atoms with van der Waals surface area (Å²) in [6, 6.07) is 10.3. The summed E-state index contributed by atoms with van der Waals surface area (Å²) < 4.78 is 7.86. The third-order valence-corrected chi connectivity index (χ3v) is 4.66. The standard InChI is InChI=1S/C19H24N6O.HI/c1-13-22-18-16(7-5-11-25(18)24-13)23-19(20-2)21-10-9-15-12-14-6-3-4-8-17(14)26-15;/h3-4,6,8,12,16H,5,7,9-11H2,1-2H3,(H2,20,21,23);1H. The fourth-order valence-electron chi connectivity index (χ4n) is 3.43. The molecular formula is C19H25IN6O. The number of guanidine groups is 1. The molecule has 4 rings (SSSR count). The summed E-state index contributed by atoms with van der Waals surface area (Å²) in [4.78, 5) is 8.91. The molecule has 144 valence electrons. The molecule has 27 heavy (non-hydrogen) atoms. The predicted octanol–water partition coefficient (Wildman–Crippen LogP) is 3.19. The summed E-state index contributed by atoms with van der Waals surface area (Å²) in [5.41, 5.74) is 0.932. The number of fused-ring (bicyclic) bond motifs is 2. The number of furan rings is 1. The van der Waals surface area contributed by atoms with Crippen LogP contribution < -0.4 is 10.6 Å². The molecule has 1 atom stereocenters. The van der Waals surface area contributed by atoms with Crippen LogP contribution in [0.4, 0.5) is 0 Å². The molecule has 0 radical (unpaired) electrons. The predicted molar refractivity (Wildman–Crippen MR) is 117 cm³/mol. The number of aryl methyl sites for hydroxylation is 2. The number of aromatic nitrogens is 3. The quantitative estimate of drug-likeness (QED) is 0.341. The van der Waals surface area contributed by atoms with E-state index < -0.39 is 0 Å². The van der Waals surface area contributed by atoms with Gasteiger partial charge in [-0.15, -0.1) is 24.0 Å². The second-order valence-electron chi connectivity index (χ2n) is 6.58. The van der Waals surface area contributed by atoms with E-state index in [1.54, 1.807) is 7.05 Å². The van der Waals surface area contributed by atoms with Gasteiger partial charge in [-0.3, -0.25) is 4.99 Å². The lowest BCUT2D eigenvalue weighted by molar-refractivity contribution is 0.397. The highest BCUT2D eigenvalue weighted by Crippen LogP contribution is 2.23. The maximum absolute atomic E-state index is 5.86. The topological polar surface area (TPSA) is 80.3 Å². The van der Waals surface area contributed by atoms with Crippen molar-refractivity contribution < 1.29 is 4.42 Å². The van der Waals surface area contributed by atoms with Gasteiger partial charge in [0.25, 0.3) is 0 Å². The maximum Gasteiger partial charge on any atom is 0.191 e. The van der Waals surface area contributed by atoms with Crippen molar-refractivity contribution in [3.8, 4) is 0 Å². The molecule has 0 saturated heterocycles. The van der Waals surface area contributed by atoms with Crippen molar-refractivity contribution in [3.05, 3.63) is 47.7 Å². The maximum atomic E-state index is 5.86. The Kier molecular flexibility index (Phi) is 6.35. The first-order valence-corrected chi connectivity index (χ1v) is 9.09. The summed E-state index contributed by atoms with van der Waals surface area (Å²) in [5.74, 6) is 3.57. The van der Waals surface area contributed by atoms with E-state index in [4.69, 9.17) is 4.42 Å². The van der Waals surface area contributed by atoms with Gasteiger partial charge in [-0.2, -0.15) is 5.10 Å². The summed E-state index contributed by atoms with van der Waals surface area (Å²) in [6.07, 6.45) is 2.92. The number of rotatable bonds is 4. The Labute approximate surface area is 175 Å². The molecule has 0 saturated carbocycles. The van der Waals surface area contributed by atoms with Crippen molar-refractivity contribution >= 4 is 40.9 Å². The van der Waals surface area contributed by atoms with E-state index in [1.807, 2.05) is 29.8 Å². The van der Waals surface area contributed by atoms with Crippen LogP contribution in [-0.4, -0.2) is 34.3 Å². The van der Waals surface area contributed by atoms with E-state index in [2.05, 4.69) is 37.8 Å². The van der Waals surface area contributed by atoms with Crippen molar-refractivity contribution in [2.75, 3.05) is 13.6 Å². The number of benzene rings is 1. The number of aliphatic imine (C=N–C) groups is 1. The molecule has 0 bridgehead atoms. The van der Waals surface area contributed by atoms with Gasteiger partial charge in [-0.25, -0.2) is 9.67 Å². The van der Waals surface area contributed by atoms with E-state index in [-0.39, 0.29) is 30.0 Å². The number of para-hydroxylation sites is 1. The summed E-state index contributed by atoms with van der Waals surface area (Å²) in [7, 11) is 1.79. The SMILES string of the molecule is CN=C(NCCc1cc2ccccc2o1)NC1CCCn2nc(C)nc21.I. The van der Waals surface area contributed by atoms with Gasteiger partial charge < -0.3 is 15.1 Å². The van der Waals surface area contributed by atoms with Crippen LogP contribution in [-0.2, 0) is 13.0 Å². The molecule has 0 spiro atoms. The Morgan fingerprint density at radius 1 is 1.37 bits per heavy atom. The van der Waals surface area contributed by atoms with Crippen molar-refractivity contribution in [2.24, 2.45) is 4.99 Å². The third-order valence-electron chi connectivity index (χ3n) is 4.66. The lowest BCUT2D eigenvalue weighted by Crippen LogP contribution is -2.42. The van der Waals surface area contributed by atoms with Crippen LogP contribution in [0.5, 0.6) is 0 Å². The van der Waals surface area contributed by atoms with E-state index in [0.29, 0.717) is 0 Å². The van der Waals surface area contributed by atoms with Gasteiger partial charge in [-0.1, -0.05) is 18.2 Å². The third kappa shape index (κ3) is 4.42. The van der Waals surface area contributed by atoms with Gasteiger partial charge in [0.1, 0.15) is 23.0 Å². The Balaban J connectivity index is 0.00000210. The highest BCUT2D eigenvalue weighted by Gasteiger charge is 2.24. The average molecular weight is 480 g/mol. The fraction of sp³-hybridized carbons (Fsp3) is 0.421. The minimum atomic E-state index is 0. The van der Waals surface area contributed by atoms with Crippen LogP contribution in [0.15, 0.2) is 39.7 Å². The first-order chi connectivity index (χ1) is 12.7. The lowest BCUT2D eigenvalue weighted by atomic mass is 10.1. The fourth-order valence-corrected chi connectivity index (χ4v) is 3.43. The Bertz CT molecular complexity index is 898. The molecule has 0 aliphatic carbocycles. The molecule has 8 heteroatoms. The number of hydrogen-bond acceptors (Lipinski definition) is 4. The van der Waals surface area contributed by atoms with Crippen molar-refractivity contribution in [3.63, 3.8) is 0 Å². The Morgan fingerprint density at radius 3 is 3.04 bits per heavy atom. The summed E-state index contributed by atoms with van der Waals surface area (Å²) in [6.45, 7) is 3.62. The number of nitrogens with zero attached hydrogens (tertiary/aromatic N) is 4. The number of nitrogens with one attached hydrogen (secondary N) is 2. The van der Waals surface area contributed by atoms with Crippen LogP contribution in [0.3, 0.4) is 0 Å². The molecule has 0 fully saturated rings. The minimum absolute atomic E-state index is 0. The van der Waals surface area contributed by atoms with Gasteiger partial charge in [0.15, 0.2) is 5.96 Å². The first kappa shape index (κ1) is 19.7. The van der Waals surface area contributed by atoms with Gasteiger partial charge in [0.2, 0.25) is 0 Å². The molecule has 1 aliphatic rings. The smallest absolute Gasteiger partial charge is 0.191 e. The van der Waals surface area contributed by atoms with Crippen LogP contribution >= 0.6 is 24.0 Å². The van der Waals surface area contributed by atoms with Crippen molar-refractivity contribution in [1.82, 2.24) is 25.4 Å². The average Bonchev–Trinajstić information content (AvgIpc) is 3.23. The van der Waals surface area contributed by atoms with E-state index >= 15 is 0 Å². The van der Waals surface area contributed by atoms with E-state index in [1.165, 1.54) is 0 Å². The second-order valence-corrected chi connectivity index (χ2v) is 6.58. The highest BCUT2D eigenvalue weighted by molar-refractivity contribution is 14.0. The Hall–Kier alpha value is -2.10. The van der Waals surface area contributed by atoms with Crippen LogP contribution in [0.25, 0.3) is 11.0 Å². The zero-order chi connectivity index (χ0) is 17.9. The lowest BCUT2D eigenvalue weighted by Gasteiger charge is -2.24. The number of halogens is 1. The molecular weight excluding hydrogens is 455 g/mol. The van der Waals surface area contributed by atoms with Gasteiger partial charge in [-0.05, 0) is 31.9 Å². The first-order valence-electron chi connectivity index (χ1n) is 9.09. The molecule has 2 aromatic heterocycles. The van der Waals surface area contributed by atoms with E-state index in [0.717, 1.165) is 66.7 Å². The molecule has 3 aromatic rings. The van der Waals surface area contributed by atoms with Crippen LogP contribution in [0, 0.1) is 6.92 Å². The molecule has 3 heterocycles. The minimum Gasteiger partial charge on any atom is -0.461 e. The van der Waals surface area contributed by atoms with Crippen molar-refractivity contribution in [2.45, 2.75) is 38.8 Å². The Morgan fingerprint density at radius 2 is 2.22 bits per heavy atom. The van der Waals surface area contributed by atoms with Gasteiger partial charge in [0.05, 0.1) is 6.04 Å². The zero-order valence-electron chi connectivity index (χ0n) is 15.6. The van der Waals surface area contributed by atoms with Gasteiger partial charge in [0, 0.05) is 31.9 Å². The molecule has 1 unspecified atom stereocenters. The normalized spacial score (nSPS) is 16.7. The van der Waals surface area contributed by atoms with Crippen LogP contribution in [0.1, 0.15) is 36.3 Å². The molecule has 1 aliphatic heterocycles. The molecule has 7 nitrogen and oxygen atoms in total.